The van der Waals surface area contributed by atoms with Gasteiger partial charge < -0.3 is 10.2 Å². The van der Waals surface area contributed by atoms with Crippen molar-refractivity contribution in [2.45, 2.75) is 44.2 Å². The van der Waals surface area contributed by atoms with Gasteiger partial charge in [0.25, 0.3) is 0 Å². The number of carbonyl (C=O) groups excluding carboxylic acids is 1. The Morgan fingerprint density at radius 1 is 1.19 bits per heavy atom. The third kappa shape index (κ3) is 2.21. The predicted molar refractivity (Wildman–Crippen MR) is 65.7 cm³/mol. The van der Waals surface area contributed by atoms with Crippen LogP contribution in [0.5, 0.6) is 0 Å². The first-order valence-electron chi connectivity index (χ1n) is 6.27. The summed E-state index contributed by atoms with van der Waals surface area (Å²) < 4.78 is 0. The second-order valence-electron chi connectivity index (χ2n) is 5.41. The summed E-state index contributed by atoms with van der Waals surface area (Å²) in [5, 5.41) is 3.21. The van der Waals surface area contributed by atoms with Gasteiger partial charge in [-0.25, -0.2) is 0 Å². The molecule has 16 heavy (non-hydrogen) atoms. The molecule has 0 unspecified atom stereocenters. The van der Waals surface area contributed by atoms with Gasteiger partial charge in [0, 0.05) is 13.1 Å². The molecule has 2 saturated carbocycles. The van der Waals surface area contributed by atoms with E-state index in [9.17, 15) is 4.79 Å². The quantitative estimate of drug-likeness (QED) is 0.811. The van der Waals surface area contributed by atoms with E-state index in [0.717, 1.165) is 24.8 Å². The van der Waals surface area contributed by atoms with Crippen LogP contribution in [0.15, 0.2) is 0 Å². The number of hydrogen-bond acceptors (Lipinski definition) is 2. The Morgan fingerprint density at radius 3 is 2.00 bits per heavy atom. The van der Waals surface area contributed by atoms with Crippen molar-refractivity contribution in [2.24, 2.45) is 11.8 Å². The number of likely N-dealkylation sites (N-methyl/N-ethyl adjacent to an activating group) is 1. The van der Waals surface area contributed by atoms with Crippen LogP contribution in [-0.4, -0.2) is 36.5 Å². The highest BCUT2D eigenvalue weighted by Gasteiger charge is 2.46. The highest BCUT2D eigenvalue weighted by atomic mass is 35.5. The topological polar surface area (TPSA) is 32.3 Å². The van der Waals surface area contributed by atoms with Gasteiger partial charge in [0.2, 0.25) is 5.91 Å². The minimum atomic E-state index is 0. The Balaban J connectivity index is 0.000000963. The number of nitrogens with one attached hydrogen (secondary N) is 1. The minimum absolute atomic E-state index is 0. The maximum atomic E-state index is 12.1. The molecule has 0 radical (unpaired) electrons. The van der Waals surface area contributed by atoms with Crippen LogP contribution < -0.4 is 5.32 Å². The molecule has 3 aliphatic rings. The van der Waals surface area contributed by atoms with Gasteiger partial charge in [-0.05, 0) is 50.5 Å². The smallest absolute Gasteiger partial charge is 0.239 e. The van der Waals surface area contributed by atoms with Crippen LogP contribution in [0.4, 0.5) is 0 Å². The Morgan fingerprint density at radius 2 is 1.69 bits per heavy atom. The summed E-state index contributed by atoms with van der Waals surface area (Å²) in [5.74, 6) is 1.99. The Kier molecular flexibility index (Phi) is 3.45. The summed E-state index contributed by atoms with van der Waals surface area (Å²) >= 11 is 0. The summed E-state index contributed by atoms with van der Waals surface area (Å²) in [6.45, 7) is 1.02. The zero-order chi connectivity index (χ0) is 10.4. The normalized spacial score (nSPS) is 28.2. The molecule has 3 rings (SSSR count). The molecule has 4 heteroatoms. The van der Waals surface area contributed by atoms with E-state index in [1.807, 2.05) is 7.05 Å². The number of carbonyl (C=O) groups is 1. The molecule has 0 aromatic rings. The largest absolute Gasteiger partial charge is 0.341 e. The molecular weight excluding hydrogens is 224 g/mol. The number of amides is 1. The van der Waals surface area contributed by atoms with Gasteiger partial charge in [-0.2, -0.15) is 0 Å². The number of rotatable bonds is 4. The summed E-state index contributed by atoms with van der Waals surface area (Å²) in [6, 6.07) is 0.704. The van der Waals surface area contributed by atoms with E-state index < -0.39 is 0 Å². The number of nitrogens with zero attached hydrogens (tertiary/aromatic N) is 1. The third-order valence-corrected chi connectivity index (χ3v) is 4.13. The fraction of sp³-hybridized carbons (Fsp3) is 0.917. The van der Waals surface area contributed by atoms with E-state index in [1.165, 1.54) is 25.7 Å². The fourth-order valence-corrected chi connectivity index (χ4v) is 2.79. The number of halogens is 1. The van der Waals surface area contributed by atoms with Crippen LogP contribution in [0.3, 0.4) is 0 Å². The van der Waals surface area contributed by atoms with E-state index in [4.69, 9.17) is 0 Å². The van der Waals surface area contributed by atoms with Crippen molar-refractivity contribution in [3.8, 4) is 0 Å². The van der Waals surface area contributed by atoms with Gasteiger partial charge in [-0.1, -0.05) is 0 Å². The lowest BCUT2D eigenvalue weighted by Crippen LogP contribution is -2.56. The molecule has 92 valence electrons. The Labute approximate surface area is 103 Å². The van der Waals surface area contributed by atoms with Gasteiger partial charge in [-0.15, -0.1) is 12.4 Å². The van der Waals surface area contributed by atoms with Gasteiger partial charge in [0.1, 0.15) is 0 Å². The van der Waals surface area contributed by atoms with E-state index >= 15 is 0 Å². The second-order valence-corrected chi connectivity index (χ2v) is 5.41. The molecule has 1 heterocycles. The van der Waals surface area contributed by atoms with E-state index in [0.29, 0.717) is 11.9 Å². The summed E-state index contributed by atoms with van der Waals surface area (Å²) in [7, 11) is 2.02. The Hall–Kier alpha value is -0.280. The Bertz CT molecular complexity index is 260. The first-order chi connectivity index (χ1) is 7.27. The van der Waals surface area contributed by atoms with Crippen molar-refractivity contribution in [2.75, 3.05) is 13.6 Å². The molecule has 3 fully saturated rings. The maximum absolute atomic E-state index is 12.1. The highest BCUT2D eigenvalue weighted by molar-refractivity contribution is 5.85. The zero-order valence-electron chi connectivity index (χ0n) is 9.82. The van der Waals surface area contributed by atoms with Crippen molar-refractivity contribution in [3.05, 3.63) is 0 Å². The summed E-state index contributed by atoms with van der Waals surface area (Å²) in [5.41, 5.74) is 0. The minimum Gasteiger partial charge on any atom is -0.341 e. The van der Waals surface area contributed by atoms with Crippen LogP contribution in [0.1, 0.15) is 32.1 Å². The SMILES string of the molecule is CN(C(=O)[C@H]1CCN1)C(C1CC1)C1CC1.Cl. The first-order valence-corrected chi connectivity index (χ1v) is 6.27. The molecule has 1 amide bonds. The van der Waals surface area contributed by atoms with Crippen LogP contribution in [-0.2, 0) is 4.79 Å². The first kappa shape index (κ1) is 12.2. The molecule has 1 aliphatic heterocycles. The van der Waals surface area contributed by atoms with E-state index in [-0.39, 0.29) is 18.4 Å². The van der Waals surface area contributed by atoms with Crippen LogP contribution in [0, 0.1) is 11.8 Å². The molecule has 2 aliphatic carbocycles. The van der Waals surface area contributed by atoms with Gasteiger partial charge in [-0.3, -0.25) is 4.79 Å². The van der Waals surface area contributed by atoms with Crippen molar-refractivity contribution in [1.82, 2.24) is 10.2 Å². The highest BCUT2D eigenvalue weighted by Crippen LogP contribution is 2.47. The molecule has 0 spiro atoms. The van der Waals surface area contributed by atoms with Crippen LogP contribution >= 0.6 is 12.4 Å². The summed E-state index contributed by atoms with van der Waals surface area (Å²) in [4.78, 5) is 14.2. The molecule has 0 aromatic heterocycles. The third-order valence-electron chi connectivity index (χ3n) is 4.13. The van der Waals surface area contributed by atoms with E-state index in [2.05, 4.69) is 10.2 Å². The molecule has 0 aromatic carbocycles. The molecule has 1 atom stereocenters. The van der Waals surface area contributed by atoms with Gasteiger partial charge >= 0.3 is 0 Å². The lowest BCUT2D eigenvalue weighted by atomic mass is 10.0. The average Bonchev–Trinajstić information content (AvgIpc) is 2.95. The molecule has 0 bridgehead atoms. The van der Waals surface area contributed by atoms with Gasteiger partial charge in [0.05, 0.1) is 6.04 Å². The van der Waals surface area contributed by atoms with Crippen LogP contribution in [0.2, 0.25) is 0 Å². The predicted octanol–water partition coefficient (Wildman–Crippen LogP) is 1.42. The summed E-state index contributed by atoms with van der Waals surface area (Å²) in [6.07, 6.45) is 6.41. The fourth-order valence-electron chi connectivity index (χ4n) is 2.79. The lowest BCUT2D eigenvalue weighted by molar-refractivity contribution is -0.136. The lowest BCUT2D eigenvalue weighted by Gasteiger charge is -2.35. The van der Waals surface area contributed by atoms with E-state index in [1.54, 1.807) is 0 Å². The monoisotopic (exact) mass is 244 g/mol. The van der Waals surface area contributed by atoms with Crippen LogP contribution in [0.25, 0.3) is 0 Å². The molecule has 1 N–H and O–H groups in total. The molecular formula is C12H21ClN2O. The molecule has 1 saturated heterocycles. The zero-order valence-corrected chi connectivity index (χ0v) is 10.6. The molecule has 3 nitrogen and oxygen atoms in total. The van der Waals surface area contributed by atoms with Gasteiger partial charge in [0.15, 0.2) is 0 Å². The van der Waals surface area contributed by atoms with Crippen molar-refractivity contribution < 1.29 is 4.79 Å². The van der Waals surface area contributed by atoms with Crippen molar-refractivity contribution >= 4 is 18.3 Å². The maximum Gasteiger partial charge on any atom is 0.239 e. The van der Waals surface area contributed by atoms with Crippen molar-refractivity contribution in [3.63, 3.8) is 0 Å². The standard InChI is InChI=1S/C12H20N2O.ClH/c1-14(12(15)10-6-7-13-10)11(8-2-3-8)9-4-5-9;/h8-11,13H,2-7H2,1H3;1H/t10-;/m1./s1. The second kappa shape index (κ2) is 4.53. The van der Waals surface area contributed by atoms with Crippen molar-refractivity contribution in [1.29, 1.82) is 0 Å². The average molecular weight is 245 g/mol. The number of hydrogen-bond donors (Lipinski definition) is 1.